The van der Waals surface area contributed by atoms with Gasteiger partial charge in [0.1, 0.15) is 5.75 Å². The molecule has 2 amide bonds. The van der Waals surface area contributed by atoms with Crippen LogP contribution >= 0.6 is 0 Å². The number of hydrogen-bond donors (Lipinski definition) is 2. The van der Waals surface area contributed by atoms with E-state index in [9.17, 15) is 9.59 Å². The third-order valence-electron chi connectivity index (χ3n) is 3.74. The predicted octanol–water partition coefficient (Wildman–Crippen LogP) is 3.46. The molecule has 2 rings (SSSR count). The van der Waals surface area contributed by atoms with E-state index in [-0.39, 0.29) is 18.4 Å². The predicted molar refractivity (Wildman–Crippen MR) is 99.1 cm³/mol. The second-order valence-electron chi connectivity index (χ2n) is 5.86. The summed E-state index contributed by atoms with van der Waals surface area (Å²) in [4.78, 5) is 24.4. The molecule has 0 heterocycles. The number of anilines is 1. The van der Waals surface area contributed by atoms with E-state index < -0.39 is 0 Å². The van der Waals surface area contributed by atoms with E-state index in [1.165, 1.54) is 0 Å². The molecule has 0 aliphatic rings. The Balaban J connectivity index is 2.02. The summed E-state index contributed by atoms with van der Waals surface area (Å²) in [6.07, 6.45) is 0.851. The van der Waals surface area contributed by atoms with Crippen LogP contribution in [0.25, 0.3) is 0 Å². The Morgan fingerprint density at radius 3 is 2.36 bits per heavy atom. The van der Waals surface area contributed by atoms with E-state index in [2.05, 4.69) is 10.6 Å². The Kier molecular flexibility index (Phi) is 6.57. The Hall–Kier alpha value is -2.82. The molecule has 0 unspecified atom stereocenters. The molecule has 5 heteroatoms. The van der Waals surface area contributed by atoms with Crippen LogP contribution in [0.4, 0.5) is 5.69 Å². The topological polar surface area (TPSA) is 67.4 Å². The van der Waals surface area contributed by atoms with Crippen molar-refractivity contribution in [2.75, 3.05) is 18.5 Å². The molecule has 0 aliphatic heterocycles. The van der Waals surface area contributed by atoms with Crippen molar-refractivity contribution in [1.82, 2.24) is 5.32 Å². The Morgan fingerprint density at radius 2 is 1.68 bits per heavy atom. The van der Waals surface area contributed by atoms with Crippen molar-refractivity contribution in [3.05, 3.63) is 59.2 Å². The number of ether oxygens (including phenoxy) is 1. The van der Waals surface area contributed by atoms with Crippen LogP contribution in [0.15, 0.2) is 42.5 Å². The van der Waals surface area contributed by atoms with Gasteiger partial charge in [-0.1, -0.05) is 37.3 Å². The van der Waals surface area contributed by atoms with Crippen LogP contribution in [0.3, 0.4) is 0 Å². The number of benzene rings is 2. The minimum absolute atomic E-state index is 0.114. The molecule has 2 aromatic rings. The second-order valence-corrected chi connectivity index (χ2v) is 5.86. The lowest BCUT2D eigenvalue weighted by Gasteiger charge is -2.13. The van der Waals surface area contributed by atoms with Gasteiger partial charge in [0.2, 0.25) is 0 Å². The molecule has 2 aromatic carbocycles. The first kappa shape index (κ1) is 18.5. The molecule has 0 saturated heterocycles. The molecule has 0 radical (unpaired) electrons. The number of para-hydroxylation sites is 2. The van der Waals surface area contributed by atoms with E-state index in [0.717, 1.165) is 17.5 Å². The van der Waals surface area contributed by atoms with Gasteiger partial charge >= 0.3 is 0 Å². The van der Waals surface area contributed by atoms with E-state index in [1.807, 2.05) is 39.0 Å². The molecule has 132 valence electrons. The molecule has 0 bridgehead atoms. The molecule has 0 atom stereocenters. The quantitative estimate of drug-likeness (QED) is 0.811. The Labute approximate surface area is 148 Å². The number of hydrogen-bond acceptors (Lipinski definition) is 3. The van der Waals surface area contributed by atoms with Gasteiger partial charge in [-0.3, -0.25) is 9.59 Å². The van der Waals surface area contributed by atoms with Crippen LogP contribution in [0.2, 0.25) is 0 Å². The van der Waals surface area contributed by atoms with Crippen LogP contribution in [-0.4, -0.2) is 25.0 Å². The summed E-state index contributed by atoms with van der Waals surface area (Å²) in [5, 5.41) is 5.57. The van der Waals surface area contributed by atoms with Crippen LogP contribution in [0, 0.1) is 13.8 Å². The molecular formula is C20H24N2O3. The summed E-state index contributed by atoms with van der Waals surface area (Å²) >= 11 is 0. The lowest BCUT2D eigenvalue weighted by molar-refractivity contribution is -0.118. The van der Waals surface area contributed by atoms with E-state index in [0.29, 0.717) is 23.5 Å². The third-order valence-corrected chi connectivity index (χ3v) is 3.74. The third kappa shape index (κ3) is 5.08. The summed E-state index contributed by atoms with van der Waals surface area (Å²) in [5.41, 5.74) is 2.88. The highest BCUT2D eigenvalue weighted by Crippen LogP contribution is 2.22. The monoisotopic (exact) mass is 340 g/mol. The molecule has 0 fully saturated rings. The average molecular weight is 340 g/mol. The van der Waals surface area contributed by atoms with Gasteiger partial charge < -0.3 is 15.4 Å². The molecule has 0 aliphatic carbocycles. The first-order valence-electron chi connectivity index (χ1n) is 8.39. The SMILES string of the molecule is CCCNC(=O)c1ccccc1NC(=O)COc1c(C)cccc1C. The lowest BCUT2D eigenvalue weighted by atomic mass is 10.1. The molecule has 0 saturated carbocycles. The Bertz CT molecular complexity index is 736. The van der Waals surface area contributed by atoms with Crippen LogP contribution < -0.4 is 15.4 Å². The lowest BCUT2D eigenvalue weighted by Crippen LogP contribution is -2.27. The van der Waals surface area contributed by atoms with Gasteiger partial charge in [-0.2, -0.15) is 0 Å². The molecular weight excluding hydrogens is 316 g/mol. The van der Waals surface area contributed by atoms with Crippen LogP contribution in [0.1, 0.15) is 34.8 Å². The number of rotatable bonds is 7. The Morgan fingerprint density at radius 1 is 1.00 bits per heavy atom. The first-order chi connectivity index (χ1) is 12.0. The molecule has 5 nitrogen and oxygen atoms in total. The minimum atomic E-state index is -0.307. The van der Waals surface area contributed by atoms with E-state index in [4.69, 9.17) is 4.74 Å². The molecule has 0 spiro atoms. The number of nitrogens with one attached hydrogen (secondary N) is 2. The summed E-state index contributed by atoms with van der Waals surface area (Å²) in [6, 6.07) is 12.8. The number of aryl methyl sites for hydroxylation is 2. The molecule has 0 aromatic heterocycles. The van der Waals surface area contributed by atoms with Gasteiger partial charge in [-0.25, -0.2) is 0 Å². The molecule has 25 heavy (non-hydrogen) atoms. The van der Waals surface area contributed by atoms with Crippen LogP contribution in [0.5, 0.6) is 5.75 Å². The zero-order chi connectivity index (χ0) is 18.2. The highest BCUT2D eigenvalue weighted by Gasteiger charge is 2.13. The number of carbonyl (C=O) groups excluding carboxylic acids is 2. The largest absolute Gasteiger partial charge is 0.483 e. The van der Waals surface area contributed by atoms with Gasteiger partial charge in [0.25, 0.3) is 11.8 Å². The van der Waals surface area contributed by atoms with Gasteiger partial charge in [-0.05, 0) is 43.5 Å². The highest BCUT2D eigenvalue weighted by molar-refractivity contribution is 6.04. The van der Waals surface area contributed by atoms with Gasteiger partial charge in [0.05, 0.1) is 11.3 Å². The van der Waals surface area contributed by atoms with Crippen molar-refractivity contribution in [2.45, 2.75) is 27.2 Å². The van der Waals surface area contributed by atoms with Crippen molar-refractivity contribution in [3.8, 4) is 5.75 Å². The molecule has 2 N–H and O–H groups in total. The normalized spacial score (nSPS) is 10.2. The maximum atomic E-state index is 12.2. The fraction of sp³-hybridized carbons (Fsp3) is 0.300. The van der Waals surface area contributed by atoms with Crippen molar-refractivity contribution >= 4 is 17.5 Å². The first-order valence-corrected chi connectivity index (χ1v) is 8.39. The fourth-order valence-corrected chi connectivity index (χ4v) is 2.47. The maximum absolute atomic E-state index is 12.2. The number of amides is 2. The fourth-order valence-electron chi connectivity index (χ4n) is 2.47. The van der Waals surface area contributed by atoms with Crippen LogP contribution in [-0.2, 0) is 4.79 Å². The smallest absolute Gasteiger partial charge is 0.262 e. The summed E-state index contributed by atoms with van der Waals surface area (Å²) in [7, 11) is 0. The van der Waals surface area contributed by atoms with Crippen molar-refractivity contribution in [2.24, 2.45) is 0 Å². The van der Waals surface area contributed by atoms with Gasteiger partial charge in [0, 0.05) is 6.54 Å². The van der Waals surface area contributed by atoms with E-state index >= 15 is 0 Å². The number of carbonyl (C=O) groups is 2. The van der Waals surface area contributed by atoms with Crippen molar-refractivity contribution in [1.29, 1.82) is 0 Å². The maximum Gasteiger partial charge on any atom is 0.262 e. The van der Waals surface area contributed by atoms with Gasteiger partial charge in [0.15, 0.2) is 6.61 Å². The van der Waals surface area contributed by atoms with Crippen molar-refractivity contribution in [3.63, 3.8) is 0 Å². The van der Waals surface area contributed by atoms with Crippen molar-refractivity contribution < 1.29 is 14.3 Å². The zero-order valence-corrected chi connectivity index (χ0v) is 14.9. The zero-order valence-electron chi connectivity index (χ0n) is 14.9. The van der Waals surface area contributed by atoms with E-state index in [1.54, 1.807) is 24.3 Å². The highest BCUT2D eigenvalue weighted by atomic mass is 16.5. The summed E-state index contributed by atoms with van der Waals surface area (Å²) < 4.78 is 5.65. The second kappa shape index (κ2) is 8.87. The minimum Gasteiger partial charge on any atom is -0.483 e. The van der Waals surface area contributed by atoms with Gasteiger partial charge in [-0.15, -0.1) is 0 Å². The summed E-state index contributed by atoms with van der Waals surface area (Å²) in [6.45, 7) is 6.34. The average Bonchev–Trinajstić information content (AvgIpc) is 2.59. The standard InChI is InChI=1S/C20H24N2O3/c1-4-12-21-20(24)16-10-5-6-11-17(16)22-18(23)13-25-19-14(2)8-7-9-15(19)3/h5-11H,4,12-13H2,1-3H3,(H,21,24)(H,22,23). The summed E-state index contributed by atoms with van der Waals surface area (Å²) in [5.74, 6) is 0.207.